The molecular weight excluding hydrogens is 578 g/mol. The predicted molar refractivity (Wildman–Crippen MR) is 161 cm³/mol. The molecule has 4 aromatic rings. The third kappa shape index (κ3) is 7.14. The zero-order valence-corrected chi connectivity index (χ0v) is 24.4. The van der Waals surface area contributed by atoms with E-state index in [0.29, 0.717) is 40.7 Å². The molecule has 0 aliphatic carbocycles. The number of nitrogens with zero attached hydrogens (tertiary/aromatic N) is 3. The van der Waals surface area contributed by atoms with Crippen LogP contribution in [-0.4, -0.2) is 50.2 Å². The Balaban J connectivity index is 0.00000210. The van der Waals surface area contributed by atoms with Gasteiger partial charge in [-0.25, -0.2) is 0 Å². The van der Waals surface area contributed by atoms with E-state index in [1.165, 1.54) is 0 Å². The lowest BCUT2D eigenvalue weighted by Gasteiger charge is -2.39. The molecule has 2 heterocycles. The van der Waals surface area contributed by atoms with Crippen LogP contribution in [0.3, 0.4) is 0 Å². The molecule has 5 rings (SSSR count). The molecule has 0 saturated carbocycles. The number of aromatic nitrogens is 3. The van der Waals surface area contributed by atoms with E-state index in [1.54, 1.807) is 6.07 Å². The summed E-state index contributed by atoms with van der Waals surface area (Å²) in [5, 5.41) is 35.0. The Labute approximate surface area is 251 Å². The number of halogens is 4. The molecule has 1 saturated heterocycles. The summed E-state index contributed by atoms with van der Waals surface area (Å²) in [6.45, 7) is 2.30. The SMILES string of the molecule is Cl.Cl.OC(c1nn[nH]c1-c1ccccc1)C(CCN1CCC(O)(c2ccccc2)CC1)c1ccc(Cl)c(Cl)c1. The highest BCUT2D eigenvalue weighted by molar-refractivity contribution is 6.42. The second kappa shape index (κ2) is 14.0. The van der Waals surface area contributed by atoms with Gasteiger partial charge in [-0.1, -0.05) is 95.1 Å². The van der Waals surface area contributed by atoms with Crippen LogP contribution in [0.25, 0.3) is 11.3 Å². The molecule has 2 atom stereocenters. The van der Waals surface area contributed by atoms with Gasteiger partial charge < -0.3 is 15.1 Å². The molecule has 0 spiro atoms. The number of piperidine rings is 1. The molecule has 3 aromatic carbocycles. The molecule has 3 N–H and O–H groups in total. The second-order valence-corrected chi connectivity index (χ2v) is 10.5. The molecule has 0 amide bonds. The summed E-state index contributed by atoms with van der Waals surface area (Å²) < 4.78 is 0. The molecule has 10 heteroatoms. The van der Waals surface area contributed by atoms with Crippen LogP contribution < -0.4 is 0 Å². The summed E-state index contributed by atoms with van der Waals surface area (Å²) in [6, 6.07) is 25.1. The first-order chi connectivity index (χ1) is 17.9. The monoisotopic (exact) mass is 608 g/mol. The Bertz CT molecular complexity index is 1320. The summed E-state index contributed by atoms with van der Waals surface area (Å²) in [6.07, 6.45) is 1.10. The number of hydrogen-bond donors (Lipinski definition) is 3. The smallest absolute Gasteiger partial charge is 0.119 e. The Hall–Kier alpha value is -2.16. The van der Waals surface area contributed by atoms with E-state index in [4.69, 9.17) is 23.2 Å². The molecule has 2 unspecified atom stereocenters. The highest BCUT2D eigenvalue weighted by Gasteiger charge is 2.35. The number of aliphatic hydroxyl groups is 2. The molecule has 1 fully saturated rings. The van der Waals surface area contributed by atoms with Crippen LogP contribution in [0.1, 0.15) is 48.1 Å². The maximum absolute atomic E-state index is 11.6. The minimum absolute atomic E-state index is 0. The van der Waals surface area contributed by atoms with Crippen LogP contribution in [0.2, 0.25) is 10.0 Å². The van der Waals surface area contributed by atoms with Crippen molar-refractivity contribution in [3.05, 3.63) is 106 Å². The number of nitrogens with one attached hydrogen (secondary N) is 1. The van der Waals surface area contributed by atoms with Gasteiger partial charge in [0.1, 0.15) is 11.8 Å². The average molecular weight is 610 g/mol. The minimum atomic E-state index is -0.905. The molecule has 1 aromatic heterocycles. The second-order valence-electron chi connectivity index (χ2n) is 9.69. The lowest BCUT2D eigenvalue weighted by molar-refractivity contribution is -0.0271. The maximum atomic E-state index is 11.6. The maximum Gasteiger partial charge on any atom is 0.119 e. The van der Waals surface area contributed by atoms with Gasteiger partial charge in [0.05, 0.1) is 21.3 Å². The van der Waals surface area contributed by atoms with Crippen molar-refractivity contribution in [3.63, 3.8) is 0 Å². The van der Waals surface area contributed by atoms with Crippen LogP contribution in [0.4, 0.5) is 0 Å². The van der Waals surface area contributed by atoms with Crippen LogP contribution in [0.15, 0.2) is 78.9 Å². The summed E-state index contributed by atoms with van der Waals surface area (Å²) in [5.74, 6) is -0.280. The quantitative estimate of drug-likeness (QED) is 0.204. The summed E-state index contributed by atoms with van der Waals surface area (Å²) in [7, 11) is 0. The number of rotatable bonds is 8. The number of likely N-dealkylation sites (tertiary alicyclic amines) is 1. The van der Waals surface area contributed by atoms with E-state index in [2.05, 4.69) is 20.3 Å². The Morgan fingerprint density at radius 1 is 0.897 bits per heavy atom. The predicted octanol–water partition coefficient (Wildman–Crippen LogP) is 6.81. The zero-order valence-electron chi connectivity index (χ0n) is 21.2. The van der Waals surface area contributed by atoms with Crippen molar-refractivity contribution >= 4 is 48.0 Å². The van der Waals surface area contributed by atoms with Crippen LogP contribution in [-0.2, 0) is 5.60 Å². The summed E-state index contributed by atoms with van der Waals surface area (Å²) in [4.78, 5) is 2.34. The van der Waals surface area contributed by atoms with Crippen molar-refractivity contribution in [1.82, 2.24) is 20.3 Å². The number of benzene rings is 3. The summed E-state index contributed by atoms with van der Waals surface area (Å²) >= 11 is 12.6. The topological polar surface area (TPSA) is 85.3 Å². The van der Waals surface area contributed by atoms with Gasteiger partial charge in [0, 0.05) is 24.6 Å². The van der Waals surface area contributed by atoms with Gasteiger partial charge in [-0.3, -0.25) is 5.10 Å². The molecule has 208 valence electrons. The standard InChI is InChI=1S/C29H30Cl2N4O2.2ClH/c30-24-12-11-21(19-25(24)31)23(28(36)27-26(32-34-33-27)20-7-3-1-4-8-20)13-16-35-17-14-29(37,15-18-35)22-9-5-2-6-10-22;;/h1-12,19,23,28,36-37H,13-18H2,(H,32,33,34);2*1H. The van der Waals surface area contributed by atoms with Crippen molar-refractivity contribution in [1.29, 1.82) is 0 Å². The molecule has 39 heavy (non-hydrogen) atoms. The summed E-state index contributed by atoms with van der Waals surface area (Å²) in [5.41, 5.74) is 3.17. The van der Waals surface area contributed by atoms with Gasteiger partial charge in [-0.05, 0) is 49.1 Å². The van der Waals surface area contributed by atoms with Gasteiger partial charge in [-0.15, -0.1) is 29.9 Å². The van der Waals surface area contributed by atoms with Crippen molar-refractivity contribution in [3.8, 4) is 11.3 Å². The van der Waals surface area contributed by atoms with Crippen molar-refractivity contribution < 1.29 is 10.2 Å². The van der Waals surface area contributed by atoms with Crippen LogP contribution in [0.5, 0.6) is 0 Å². The van der Waals surface area contributed by atoms with Gasteiger partial charge >= 0.3 is 0 Å². The third-order valence-electron chi connectivity index (χ3n) is 7.42. The van der Waals surface area contributed by atoms with Gasteiger partial charge in [-0.2, -0.15) is 0 Å². The zero-order chi connectivity index (χ0) is 25.8. The number of aliphatic hydroxyl groups excluding tert-OH is 1. The van der Waals surface area contributed by atoms with Crippen LogP contribution >= 0.6 is 48.0 Å². The lowest BCUT2D eigenvalue weighted by Crippen LogP contribution is -2.43. The van der Waals surface area contributed by atoms with E-state index in [0.717, 1.165) is 36.3 Å². The Kier molecular flexibility index (Phi) is 11.2. The van der Waals surface area contributed by atoms with Gasteiger partial charge in [0.15, 0.2) is 0 Å². The fourth-order valence-corrected chi connectivity index (χ4v) is 5.51. The fraction of sp³-hybridized carbons (Fsp3) is 0.310. The van der Waals surface area contributed by atoms with E-state index < -0.39 is 11.7 Å². The van der Waals surface area contributed by atoms with E-state index in [9.17, 15) is 10.2 Å². The first-order valence-corrected chi connectivity index (χ1v) is 13.3. The van der Waals surface area contributed by atoms with Crippen molar-refractivity contribution in [2.45, 2.75) is 36.9 Å². The fourth-order valence-electron chi connectivity index (χ4n) is 5.21. The van der Waals surface area contributed by atoms with Gasteiger partial charge in [0.2, 0.25) is 0 Å². The van der Waals surface area contributed by atoms with E-state index >= 15 is 0 Å². The first kappa shape index (κ1) is 31.4. The molecule has 0 radical (unpaired) electrons. The molecular formula is C29H32Cl4N4O2. The van der Waals surface area contributed by atoms with E-state index in [-0.39, 0.29) is 30.7 Å². The minimum Gasteiger partial charge on any atom is -0.386 e. The van der Waals surface area contributed by atoms with Crippen LogP contribution in [0, 0.1) is 0 Å². The first-order valence-electron chi connectivity index (χ1n) is 12.5. The molecule has 0 bridgehead atoms. The molecule has 1 aliphatic heterocycles. The van der Waals surface area contributed by atoms with Gasteiger partial charge in [0.25, 0.3) is 0 Å². The largest absolute Gasteiger partial charge is 0.386 e. The molecule has 6 nitrogen and oxygen atoms in total. The normalized spacial score (nSPS) is 16.5. The number of hydrogen-bond acceptors (Lipinski definition) is 5. The van der Waals surface area contributed by atoms with Crippen molar-refractivity contribution in [2.75, 3.05) is 19.6 Å². The molecule has 1 aliphatic rings. The lowest BCUT2D eigenvalue weighted by atomic mass is 9.83. The highest BCUT2D eigenvalue weighted by Crippen LogP contribution is 2.39. The van der Waals surface area contributed by atoms with Crippen molar-refractivity contribution in [2.24, 2.45) is 0 Å². The Morgan fingerprint density at radius 2 is 1.54 bits per heavy atom. The average Bonchev–Trinajstić information content (AvgIpc) is 3.43. The van der Waals surface area contributed by atoms with E-state index in [1.807, 2.05) is 72.8 Å². The highest BCUT2D eigenvalue weighted by atomic mass is 35.5. The number of aromatic amines is 1. The number of H-pyrrole nitrogens is 1. The Morgan fingerprint density at radius 3 is 2.18 bits per heavy atom. The third-order valence-corrected chi connectivity index (χ3v) is 8.16.